The summed E-state index contributed by atoms with van der Waals surface area (Å²) in [5.41, 5.74) is 0. The van der Waals surface area contributed by atoms with Crippen LogP contribution in [0.15, 0.2) is 11.4 Å². The quantitative estimate of drug-likeness (QED) is 0.829. The first-order chi connectivity index (χ1) is 7.81. The van der Waals surface area contributed by atoms with E-state index in [9.17, 15) is 0 Å². The van der Waals surface area contributed by atoms with Crippen LogP contribution in [0.25, 0.3) is 0 Å². The van der Waals surface area contributed by atoms with Gasteiger partial charge in [0, 0.05) is 10.9 Å². The first-order valence-electron chi connectivity index (χ1n) is 6.21. The van der Waals surface area contributed by atoms with E-state index in [4.69, 9.17) is 11.6 Å². The summed E-state index contributed by atoms with van der Waals surface area (Å²) in [7, 11) is 2.05. The number of hydrogen-bond donors (Lipinski definition) is 1. The van der Waals surface area contributed by atoms with Gasteiger partial charge < -0.3 is 5.32 Å². The normalized spacial score (nSPS) is 19.9. The van der Waals surface area contributed by atoms with Gasteiger partial charge in [-0.05, 0) is 30.8 Å². The van der Waals surface area contributed by atoms with Crippen LogP contribution in [0.5, 0.6) is 0 Å². The summed E-state index contributed by atoms with van der Waals surface area (Å²) in [6.07, 6.45) is 8.32. The van der Waals surface area contributed by atoms with E-state index in [1.54, 1.807) is 11.3 Å². The second kappa shape index (κ2) is 6.04. The highest BCUT2D eigenvalue weighted by Gasteiger charge is 2.21. The first kappa shape index (κ1) is 12.4. The molecular formula is C13H20ClNS. The molecule has 0 amide bonds. The van der Waals surface area contributed by atoms with Crippen molar-refractivity contribution in [2.24, 2.45) is 5.92 Å². The molecule has 0 radical (unpaired) electrons. The summed E-state index contributed by atoms with van der Waals surface area (Å²) in [4.78, 5) is 1.31. The lowest BCUT2D eigenvalue weighted by molar-refractivity contribution is 0.307. The van der Waals surface area contributed by atoms with Crippen LogP contribution in [0.3, 0.4) is 0 Å². The summed E-state index contributed by atoms with van der Waals surface area (Å²) in [6.45, 7) is 0. The van der Waals surface area contributed by atoms with Crippen molar-refractivity contribution in [3.8, 4) is 0 Å². The van der Waals surface area contributed by atoms with E-state index >= 15 is 0 Å². The molecule has 0 spiro atoms. The molecule has 0 aromatic carbocycles. The zero-order chi connectivity index (χ0) is 11.4. The number of nitrogens with one attached hydrogen (secondary N) is 1. The van der Waals surface area contributed by atoms with Gasteiger partial charge in [0.2, 0.25) is 0 Å². The minimum atomic E-state index is 0.454. The topological polar surface area (TPSA) is 12.0 Å². The van der Waals surface area contributed by atoms with E-state index in [0.717, 1.165) is 10.9 Å². The molecule has 1 saturated carbocycles. The third kappa shape index (κ3) is 2.99. The lowest BCUT2D eigenvalue weighted by atomic mass is 9.84. The Balaban J connectivity index is 1.97. The van der Waals surface area contributed by atoms with Gasteiger partial charge in [-0.3, -0.25) is 0 Å². The highest BCUT2D eigenvalue weighted by atomic mass is 35.5. The summed E-state index contributed by atoms with van der Waals surface area (Å²) in [5.74, 6) is 0.893. The predicted molar refractivity (Wildman–Crippen MR) is 72.3 cm³/mol. The van der Waals surface area contributed by atoms with Crippen LogP contribution >= 0.6 is 22.9 Å². The van der Waals surface area contributed by atoms with Crippen LogP contribution in [0.1, 0.15) is 49.4 Å². The molecule has 1 nitrogen and oxygen atoms in total. The van der Waals surface area contributed by atoms with E-state index in [-0.39, 0.29) is 0 Å². The molecule has 1 unspecified atom stereocenters. The Morgan fingerprint density at radius 2 is 2.19 bits per heavy atom. The molecular weight excluding hydrogens is 238 g/mol. The van der Waals surface area contributed by atoms with Crippen LogP contribution in [-0.2, 0) is 0 Å². The molecule has 1 N–H and O–H groups in total. The molecule has 16 heavy (non-hydrogen) atoms. The fourth-order valence-corrected chi connectivity index (χ4v) is 3.98. The molecule has 1 fully saturated rings. The molecule has 1 aromatic heterocycles. The molecule has 3 heteroatoms. The van der Waals surface area contributed by atoms with E-state index in [1.165, 1.54) is 43.4 Å². The molecule has 1 aromatic rings. The van der Waals surface area contributed by atoms with Crippen LogP contribution in [0, 0.1) is 5.92 Å². The first-order valence-corrected chi connectivity index (χ1v) is 7.47. The maximum absolute atomic E-state index is 6.20. The van der Waals surface area contributed by atoms with Crippen LogP contribution in [0.2, 0.25) is 5.02 Å². The van der Waals surface area contributed by atoms with Crippen molar-refractivity contribution in [2.45, 2.75) is 44.6 Å². The summed E-state index contributed by atoms with van der Waals surface area (Å²) < 4.78 is 0. The van der Waals surface area contributed by atoms with Crippen molar-refractivity contribution in [3.63, 3.8) is 0 Å². The van der Waals surface area contributed by atoms with Gasteiger partial charge >= 0.3 is 0 Å². The SMILES string of the molecule is CNC(CC1CCCCC1)c1sccc1Cl. The summed E-state index contributed by atoms with van der Waals surface area (Å²) in [5, 5.41) is 6.44. The number of thiophene rings is 1. The third-order valence-corrected chi connectivity index (χ3v) is 5.08. The van der Waals surface area contributed by atoms with Crippen molar-refractivity contribution in [1.29, 1.82) is 0 Å². The Kier molecular flexibility index (Phi) is 4.68. The van der Waals surface area contributed by atoms with Crippen LogP contribution in [0.4, 0.5) is 0 Å². The van der Waals surface area contributed by atoms with Crippen molar-refractivity contribution in [2.75, 3.05) is 7.05 Å². The van der Waals surface area contributed by atoms with Crippen LogP contribution < -0.4 is 5.32 Å². The van der Waals surface area contributed by atoms with Crippen molar-refractivity contribution in [1.82, 2.24) is 5.32 Å². The molecule has 1 atom stereocenters. The van der Waals surface area contributed by atoms with Gasteiger partial charge in [-0.2, -0.15) is 0 Å². The minimum Gasteiger partial charge on any atom is -0.312 e. The molecule has 1 aliphatic carbocycles. The number of rotatable bonds is 4. The Morgan fingerprint density at radius 1 is 1.44 bits per heavy atom. The average Bonchev–Trinajstić information content (AvgIpc) is 2.74. The molecule has 90 valence electrons. The van der Waals surface area contributed by atoms with Gasteiger partial charge in [0.25, 0.3) is 0 Å². The zero-order valence-corrected chi connectivity index (χ0v) is 11.4. The highest BCUT2D eigenvalue weighted by molar-refractivity contribution is 7.10. The molecule has 2 rings (SSSR count). The van der Waals surface area contributed by atoms with Gasteiger partial charge in [0.05, 0.1) is 5.02 Å². The fourth-order valence-electron chi connectivity index (χ4n) is 2.67. The van der Waals surface area contributed by atoms with E-state index in [1.807, 2.05) is 13.1 Å². The molecule has 1 aliphatic rings. The molecule has 0 bridgehead atoms. The zero-order valence-electron chi connectivity index (χ0n) is 9.84. The third-order valence-electron chi connectivity index (χ3n) is 3.60. The van der Waals surface area contributed by atoms with Crippen molar-refractivity contribution in [3.05, 3.63) is 21.3 Å². The monoisotopic (exact) mass is 257 g/mol. The molecule has 0 saturated heterocycles. The second-order valence-electron chi connectivity index (χ2n) is 4.71. The summed E-state index contributed by atoms with van der Waals surface area (Å²) in [6, 6.07) is 2.46. The molecule has 1 heterocycles. The van der Waals surface area contributed by atoms with E-state index < -0.39 is 0 Å². The summed E-state index contributed by atoms with van der Waals surface area (Å²) >= 11 is 7.98. The van der Waals surface area contributed by atoms with E-state index in [0.29, 0.717) is 6.04 Å². The van der Waals surface area contributed by atoms with Gasteiger partial charge in [-0.25, -0.2) is 0 Å². The van der Waals surface area contributed by atoms with Crippen LogP contribution in [-0.4, -0.2) is 7.05 Å². The maximum atomic E-state index is 6.20. The lowest BCUT2D eigenvalue weighted by Crippen LogP contribution is -2.20. The number of hydrogen-bond acceptors (Lipinski definition) is 2. The smallest absolute Gasteiger partial charge is 0.0561 e. The Labute approximate surface area is 107 Å². The predicted octanol–water partition coefficient (Wildman–Crippen LogP) is 4.63. The van der Waals surface area contributed by atoms with Gasteiger partial charge in [-0.15, -0.1) is 11.3 Å². The minimum absolute atomic E-state index is 0.454. The van der Waals surface area contributed by atoms with Gasteiger partial charge in [0.15, 0.2) is 0 Å². The average molecular weight is 258 g/mol. The second-order valence-corrected chi connectivity index (χ2v) is 6.07. The van der Waals surface area contributed by atoms with Gasteiger partial charge in [-0.1, -0.05) is 43.7 Å². The van der Waals surface area contributed by atoms with Crippen molar-refractivity contribution >= 4 is 22.9 Å². The van der Waals surface area contributed by atoms with E-state index in [2.05, 4.69) is 10.7 Å². The Morgan fingerprint density at radius 3 is 2.75 bits per heavy atom. The standard InChI is InChI=1S/C13H20ClNS/c1-15-12(13-11(14)7-8-16-13)9-10-5-3-2-4-6-10/h7-8,10,12,15H,2-6,9H2,1H3. The Bertz CT molecular complexity index is 317. The highest BCUT2D eigenvalue weighted by Crippen LogP contribution is 2.36. The number of halogens is 1. The fraction of sp³-hybridized carbons (Fsp3) is 0.692. The van der Waals surface area contributed by atoms with Crippen molar-refractivity contribution < 1.29 is 0 Å². The molecule has 0 aliphatic heterocycles. The largest absolute Gasteiger partial charge is 0.312 e. The Hall–Kier alpha value is -0.0500. The van der Waals surface area contributed by atoms with Gasteiger partial charge in [0.1, 0.15) is 0 Å². The maximum Gasteiger partial charge on any atom is 0.0561 e. The lowest BCUT2D eigenvalue weighted by Gasteiger charge is -2.26.